The quantitative estimate of drug-likeness (QED) is 0.540. The monoisotopic (exact) mass is 363 g/mol. The summed E-state index contributed by atoms with van der Waals surface area (Å²) in [5, 5.41) is 6.56. The minimum absolute atomic E-state index is 0.101. The lowest BCUT2D eigenvalue weighted by Gasteiger charge is -2.33. The molecule has 3 heterocycles. The first-order valence-electron chi connectivity index (χ1n) is 7.53. The van der Waals surface area contributed by atoms with Crippen molar-refractivity contribution in [2.75, 3.05) is 25.6 Å². The summed E-state index contributed by atoms with van der Waals surface area (Å²) in [6.45, 7) is 4.26. The zero-order valence-electron chi connectivity index (χ0n) is 13.5. The van der Waals surface area contributed by atoms with Gasteiger partial charge in [-0.05, 0) is 22.4 Å². The van der Waals surface area contributed by atoms with E-state index in [0.717, 1.165) is 5.56 Å². The lowest BCUT2D eigenvalue weighted by molar-refractivity contribution is -0.148. The van der Waals surface area contributed by atoms with Crippen LogP contribution in [0.15, 0.2) is 38.7 Å². The van der Waals surface area contributed by atoms with Gasteiger partial charge >= 0.3 is 11.7 Å². The maximum Gasteiger partial charge on any atom is 0.327 e. The number of nitrogens with one attached hydrogen (secondary N) is 3. The predicted octanol–water partition coefficient (Wildman–Crippen LogP) is 1.00. The van der Waals surface area contributed by atoms with Crippen LogP contribution in [0.25, 0.3) is 0 Å². The third kappa shape index (κ3) is 3.28. The zero-order valence-corrected chi connectivity index (χ0v) is 14.3. The van der Waals surface area contributed by atoms with E-state index in [0.29, 0.717) is 5.70 Å². The number of methoxy groups -OCH3 is 1. The van der Waals surface area contributed by atoms with E-state index in [2.05, 4.69) is 21.9 Å². The molecule has 9 heteroatoms. The molecule has 0 unspecified atom stereocenters. The van der Waals surface area contributed by atoms with Crippen molar-refractivity contribution in [3.8, 4) is 0 Å². The molecular formula is C16H17N3O5S. The van der Waals surface area contributed by atoms with Crippen LogP contribution in [0.3, 0.4) is 0 Å². The molecule has 0 aromatic carbocycles. The molecule has 0 fully saturated rings. The number of esters is 1. The van der Waals surface area contributed by atoms with Gasteiger partial charge in [0.15, 0.2) is 0 Å². The van der Waals surface area contributed by atoms with Crippen LogP contribution in [-0.2, 0) is 14.3 Å². The van der Waals surface area contributed by atoms with Crippen molar-refractivity contribution >= 4 is 23.1 Å². The average Bonchev–Trinajstić information content (AvgIpc) is 3.07. The highest BCUT2D eigenvalue weighted by atomic mass is 32.1. The van der Waals surface area contributed by atoms with Crippen molar-refractivity contribution in [2.45, 2.75) is 5.92 Å². The lowest BCUT2D eigenvalue weighted by Crippen LogP contribution is -2.40. The molecule has 3 rings (SSSR count). The van der Waals surface area contributed by atoms with Gasteiger partial charge in [0.2, 0.25) is 0 Å². The summed E-state index contributed by atoms with van der Waals surface area (Å²) in [5.74, 6) is -1.67. The second-order valence-electron chi connectivity index (χ2n) is 5.52. The number of anilines is 1. The molecule has 1 aliphatic heterocycles. The molecule has 0 radical (unpaired) electrons. The highest BCUT2D eigenvalue weighted by molar-refractivity contribution is 7.08. The van der Waals surface area contributed by atoms with Gasteiger partial charge in [0, 0.05) is 18.7 Å². The van der Waals surface area contributed by atoms with Crippen LogP contribution < -0.4 is 16.6 Å². The number of hydrogen-bond donors (Lipinski definition) is 3. The van der Waals surface area contributed by atoms with E-state index in [1.807, 2.05) is 16.8 Å². The zero-order chi connectivity index (χ0) is 18.0. The van der Waals surface area contributed by atoms with E-state index >= 15 is 0 Å². The topological polar surface area (TPSA) is 113 Å². The van der Waals surface area contributed by atoms with Crippen LogP contribution >= 0.6 is 11.3 Å². The van der Waals surface area contributed by atoms with Gasteiger partial charge < -0.3 is 14.8 Å². The minimum atomic E-state index is -0.800. The molecular weight excluding hydrogens is 346 g/mol. The molecule has 2 atom stereocenters. The Hall–Kier alpha value is -2.65. The first-order chi connectivity index (χ1) is 12.0. The number of thiophene rings is 1. The third-order valence-electron chi connectivity index (χ3n) is 3.97. The van der Waals surface area contributed by atoms with Crippen LogP contribution in [0, 0.1) is 5.92 Å². The highest BCUT2D eigenvalue weighted by Gasteiger charge is 2.41. The fourth-order valence-corrected chi connectivity index (χ4v) is 3.60. The van der Waals surface area contributed by atoms with Gasteiger partial charge in [-0.25, -0.2) is 4.79 Å². The van der Waals surface area contributed by atoms with Gasteiger partial charge in [-0.3, -0.25) is 19.6 Å². The van der Waals surface area contributed by atoms with Crippen molar-refractivity contribution in [2.24, 2.45) is 5.92 Å². The van der Waals surface area contributed by atoms with Gasteiger partial charge in [-0.15, -0.1) is 0 Å². The Morgan fingerprint density at radius 2 is 2.12 bits per heavy atom. The molecule has 0 saturated carbocycles. The van der Waals surface area contributed by atoms with E-state index in [-0.39, 0.29) is 24.6 Å². The lowest BCUT2D eigenvalue weighted by atomic mass is 9.78. The Balaban J connectivity index is 2.08. The number of carbonyl (C=O) groups excluding carboxylic acids is 1. The number of carbonyl (C=O) groups is 1. The summed E-state index contributed by atoms with van der Waals surface area (Å²) < 4.78 is 10.1. The maximum absolute atomic E-state index is 12.6. The van der Waals surface area contributed by atoms with Crippen molar-refractivity contribution in [1.29, 1.82) is 0 Å². The summed E-state index contributed by atoms with van der Waals surface area (Å²) in [4.78, 5) is 41.4. The summed E-state index contributed by atoms with van der Waals surface area (Å²) in [5.41, 5.74) is 0.227. The van der Waals surface area contributed by atoms with Crippen LogP contribution in [0.2, 0.25) is 0 Å². The van der Waals surface area contributed by atoms with Gasteiger partial charge in [0.25, 0.3) is 5.56 Å². The average molecular weight is 363 g/mol. The molecule has 0 aliphatic carbocycles. The fraction of sp³-hybridized carbons (Fsp3) is 0.312. The van der Waals surface area contributed by atoms with E-state index in [1.165, 1.54) is 18.4 Å². The SMILES string of the molecule is C=C1Nc2[nH]c(=O)[nH]c(=O)c2[C@H](c2ccsc2)[C@H]1C(=O)OCCOC. The minimum Gasteiger partial charge on any atom is -0.463 e. The molecule has 0 bridgehead atoms. The normalized spacial score (nSPS) is 19.2. The molecule has 8 nitrogen and oxygen atoms in total. The molecule has 3 N–H and O–H groups in total. The summed E-state index contributed by atoms with van der Waals surface area (Å²) in [7, 11) is 1.51. The van der Waals surface area contributed by atoms with Crippen molar-refractivity contribution in [1.82, 2.24) is 9.97 Å². The summed E-state index contributed by atoms with van der Waals surface area (Å²) >= 11 is 1.45. The first-order valence-corrected chi connectivity index (χ1v) is 8.47. The Kier molecular flexibility index (Phi) is 4.86. The number of ether oxygens (including phenoxy) is 2. The van der Waals surface area contributed by atoms with Crippen molar-refractivity contribution in [3.05, 3.63) is 61.1 Å². The molecule has 0 saturated heterocycles. The Bertz CT molecular complexity index is 899. The largest absolute Gasteiger partial charge is 0.463 e. The van der Waals surface area contributed by atoms with Crippen LogP contribution in [0.5, 0.6) is 0 Å². The maximum atomic E-state index is 12.6. The first kappa shape index (κ1) is 17.2. The fourth-order valence-electron chi connectivity index (χ4n) is 2.90. The Labute approximate surface area is 146 Å². The number of aromatic nitrogens is 2. The third-order valence-corrected chi connectivity index (χ3v) is 4.67. The van der Waals surface area contributed by atoms with Gasteiger partial charge in [0.1, 0.15) is 18.3 Å². The van der Waals surface area contributed by atoms with E-state index in [1.54, 1.807) is 0 Å². The van der Waals surface area contributed by atoms with E-state index in [9.17, 15) is 14.4 Å². The van der Waals surface area contributed by atoms with Crippen molar-refractivity contribution < 1.29 is 14.3 Å². The molecule has 1 aliphatic rings. The molecule has 132 valence electrons. The van der Waals surface area contributed by atoms with Crippen LogP contribution in [0.4, 0.5) is 5.82 Å². The molecule has 2 aromatic rings. The molecule has 2 aromatic heterocycles. The van der Waals surface area contributed by atoms with E-state index in [4.69, 9.17) is 9.47 Å². The Morgan fingerprint density at radius 1 is 1.32 bits per heavy atom. The second kappa shape index (κ2) is 7.08. The Morgan fingerprint density at radius 3 is 2.80 bits per heavy atom. The van der Waals surface area contributed by atoms with Crippen LogP contribution in [-0.4, -0.2) is 36.3 Å². The van der Waals surface area contributed by atoms with Gasteiger partial charge in [-0.2, -0.15) is 11.3 Å². The number of aromatic amines is 2. The number of H-pyrrole nitrogens is 2. The second-order valence-corrected chi connectivity index (χ2v) is 6.30. The number of rotatable bonds is 5. The molecule has 0 amide bonds. The van der Waals surface area contributed by atoms with Crippen molar-refractivity contribution in [3.63, 3.8) is 0 Å². The van der Waals surface area contributed by atoms with Gasteiger partial charge in [0.05, 0.1) is 12.2 Å². The number of fused-ring (bicyclic) bond motifs is 1. The van der Waals surface area contributed by atoms with E-state index < -0.39 is 29.1 Å². The highest BCUT2D eigenvalue weighted by Crippen LogP contribution is 2.42. The summed E-state index contributed by atoms with van der Waals surface area (Å²) in [6.07, 6.45) is 0. The molecule has 25 heavy (non-hydrogen) atoms. The molecule has 0 spiro atoms. The smallest absolute Gasteiger partial charge is 0.327 e. The number of hydrogen-bond acceptors (Lipinski definition) is 7. The predicted molar refractivity (Wildman–Crippen MR) is 92.9 cm³/mol. The summed E-state index contributed by atoms with van der Waals surface area (Å²) in [6, 6.07) is 1.83. The van der Waals surface area contributed by atoms with Gasteiger partial charge in [-0.1, -0.05) is 6.58 Å². The van der Waals surface area contributed by atoms with Crippen LogP contribution in [0.1, 0.15) is 17.0 Å². The standard InChI is InChI=1S/C16H17N3O5S/c1-8-10(15(21)24-5-4-23-2)11(9-3-6-25-7-9)12-13(17-8)18-16(22)19-14(12)20/h3,6-7,10-11H,1,4-5H2,2H3,(H3,17,18,19,20,22)/t10-,11+/m0/s1.